The number of rotatable bonds is 7. The van der Waals surface area contributed by atoms with E-state index in [4.69, 9.17) is 23.2 Å². The molecule has 0 spiro atoms. The summed E-state index contributed by atoms with van der Waals surface area (Å²) in [5, 5.41) is 5.41. The van der Waals surface area contributed by atoms with E-state index in [1.807, 2.05) is 37.3 Å². The first-order valence-electron chi connectivity index (χ1n) is 10.7. The fraction of sp³-hybridized carbons (Fsp3) is 0.240. The van der Waals surface area contributed by atoms with E-state index in [9.17, 15) is 14.4 Å². The number of hydrogen-bond acceptors (Lipinski definition) is 3. The Morgan fingerprint density at radius 1 is 1.09 bits per heavy atom. The number of amides is 3. The minimum absolute atomic E-state index is 0.103. The molecule has 1 atom stereocenters. The molecule has 0 radical (unpaired) electrons. The summed E-state index contributed by atoms with van der Waals surface area (Å²) in [6.07, 6.45) is 0. The summed E-state index contributed by atoms with van der Waals surface area (Å²) in [6.45, 7) is 3.82. The molecule has 3 aromatic carbocycles. The van der Waals surface area contributed by atoms with E-state index in [1.54, 1.807) is 31.2 Å². The SMILES string of the molecule is CCNC(=O)[C@@H](C)N(Cc1ccc(Cl)cc1Cl)C(=O)CN1C(=O)c2cccc3cccc1c23. The van der Waals surface area contributed by atoms with Crippen molar-refractivity contribution in [3.05, 3.63) is 75.8 Å². The monoisotopic (exact) mass is 483 g/mol. The molecule has 6 nitrogen and oxygen atoms in total. The number of carbonyl (C=O) groups excluding carboxylic acids is 3. The lowest BCUT2D eigenvalue weighted by Crippen LogP contribution is -2.50. The maximum absolute atomic E-state index is 13.5. The topological polar surface area (TPSA) is 69.7 Å². The third-order valence-electron chi connectivity index (χ3n) is 5.82. The van der Waals surface area contributed by atoms with Gasteiger partial charge in [0, 0.05) is 34.1 Å². The van der Waals surface area contributed by atoms with Crippen LogP contribution in [0.3, 0.4) is 0 Å². The van der Waals surface area contributed by atoms with Crippen LogP contribution < -0.4 is 10.2 Å². The summed E-state index contributed by atoms with van der Waals surface area (Å²) in [5.41, 5.74) is 1.92. The van der Waals surface area contributed by atoms with Gasteiger partial charge in [0.15, 0.2) is 0 Å². The lowest BCUT2D eigenvalue weighted by molar-refractivity contribution is -0.139. The molecule has 0 aliphatic carbocycles. The Balaban J connectivity index is 1.65. The summed E-state index contributed by atoms with van der Waals surface area (Å²) in [7, 11) is 0. The maximum Gasteiger partial charge on any atom is 0.259 e. The minimum Gasteiger partial charge on any atom is -0.355 e. The molecule has 0 bridgehead atoms. The maximum atomic E-state index is 13.5. The van der Waals surface area contributed by atoms with Crippen LogP contribution in [0.5, 0.6) is 0 Å². The van der Waals surface area contributed by atoms with Gasteiger partial charge in [0.25, 0.3) is 5.91 Å². The Morgan fingerprint density at radius 3 is 2.52 bits per heavy atom. The minimum atomic E-state index is -0.764. The van der Waals surface area contributed by atoms with Crippen molar-refractivity contribution in [1.82, 2.24) is 10.2 Å². The van der Waals surface area contributed by atoms with Gasteiger partial charge in [-0.1, -0.05) is 53.5 Å². The molecule has 1 aliphatic heterocycles. The van der Waals surface area contributed by atoms with Gasteiger partial charge in [-0.05, 0) is 49.1 Å². The molecule has 3 aromatic rings. The lowest BCUT2D eigenvalue weighted by Gasteiger charge is -2.30. The average molecular weight is 484 g/mol. The van der Waals surface area contributed by atoms with Crippen molar-refractivity contribution in [2.45, 2.75) is 26.4 Å². The Kier molecular flexibility index (Phi) is 6.58. The van der Waals surface area contributed by atoms with E-state index in [2.05, 4.69) is 5.32 Å². The largest absolute Gasteiger partial charge is 0.355 e. The second-order valence-electron chi connectivity index (χ2n) is 7.90. The van der Waals surface area contributed by atoms with Crippen LogP contribution in [-0.4, -0.2) is 41.8 Å². The van der Waals surface area contributed by atoms with Crippen LogP contribution in [0, 0.1) is 0 Å². The predicted molar refractivity (Wildman–Crippen MR) is 131 cm³/mol. The van der Waals surface area contributed by atoms with Crippen LogP contribution >= 0.6 is 23.2 Å². The van der Waals surface area contributed by atoms with Crippen molar-refractivity contribution < 1.29 is 14.4 Å². The second-order valence-corrected chi connectivity index (χ2v) is 8.74. The summed E-state index contributed by atoms with van der Waals surface area (Å²) in [4.78, 5) is 42.2. The first-order chi connectivity index (χ1) is 15.8. The molecule has 170 valence electrons. The van der Waals surface area contributed by atoms with Crippen LogP contribution in [0.25, 0.3) is 10.8 Å². The number of nitrogens with one attached hydrogen (secondary N) is 1. The first-order valence-corrected chi connectivity index (χ1v) is 11.4. The van der Waals surface area contributed by atoms with Crippen LogP contribution in [0.2, 0.25) is 10.0 Å². The van der Waals surface area contributed by atoms with E-state index in [0.717, 1.165) is 10.8 Å². The Bertz CT molecular complexity index is 1260. The summed E-state index contributed by atoms with van der Waals surface area (Å²) in [5.74, 6) is -0.878. The zero-order valence-corrected chi connectivity index (χ0v) is 19.8. The third kappa shape index (κ3) is 4.41. The quantitative estimate of drug-likeness (QED) is 0.531. The van der Waals surface area contributed by atoms with Gasteiger partial charge in [0.05, 0.1) is 5.69 Å². The third-order valence-corrected chi connectivity index (χ3v) is 6.40. The molecule has 33 heavy (non-hydrogen) atoms. The highest BCUT2D eigenvalue weighted by molar-refractivity contribution is 6.35. The summed E-state index contributed by atoms with van der Waals surface area (Å²) in [6, 6.07) is 15.4. The highest BCUT2D eigenvalue weighted by atomic mass is 35.5. The Morgan fingerprint density at radius 2 is 1.82 bits per heavy atom. The molecule has 0 saturated heterocycles. The number of halogens is 2. The normalized spacial score (nSPS) is 13.3. The molecule has 3 amide bonds. The molecule has 0 aromatic heterocycles. The number of benzene rings is 3. The van der Waals surface area contributed by atoms with Crippen molar-refractivity contribution in [3.8, 4) is 0 Å². The zero-order valence-electron chi connectivity index (χ0n) is 18.3. The van der Waals surface area contributed by atoms with Gasteiger partial charge in [0.1, 0.15) is 12.6 Å². The molecule has 8 heteroatoms. The number of hydrogen-bond donors (Lipinski definition) is 1. The molecule has 0 saturated carbocycles. The molecule has 4 rings (SSSR count). The van der Waals surface area contributed by atoms with Crippen LogP contribution in [-0.2, 0) is 16.1 Å². The van der Waals surface area contributed by atoms with Gasteiger partial charge in [-0.15, -0.1) is 0 Å². The number of likely N-dealkylation sites (N-methyl/N-ethyl adjacent to an activating group) is 1. The number of nitrogens with zero attached hydrogens (tertiary/aromatic N) is 2. The molecule has 1 aliphatic rings. The molecule has 0 unspecified atom stereocenters. The van der Waals surface area contributed by atoms with Crippen molar-refractivity contribution >= 4 is 57.4 Å². The molecular weight excluding hydrogens is 461 g/mol. The van der Waals surface area contributed by atoms with Crippen molar-refractivity contribution in [2.24, 2.45) is 0 Å². The van der Waals surface area contributed by atoms with Gasteiger partial charge in [0.2, 0.25) is 11.8 Å². The summed E-state index contributed by atoms with van der Waals surface area (Å²) >= 11 is 12.4. The van der Waals surface area contributed by atoms with Gasteiger partial charge in [-0.2, -0.15) is 0 Å². The van der Waals surface area contributed by atoms with E-state index < -0.39 is 6.04 Å². The first kappa shape index (κ1) is 23.1. The van der Waals surface area contributed by atoms with E-state index in [1.165, 1.54) is 9.80 Å². The van der Waals surface area contributed by atoms with Gasteiger partial charge >= 0.3 is 0 Å². The predicted octanol–water partition coefficient (Wildman–Crippen LogP) is 4.66. The highest BCUT2D eigenvalue weighted by Crippen LogP contribution is 2.37. The molecule has 1 N–H and O–H groups in total. The van der Waals surface area contributed by atoms with E-state index >= 15 is 0 Å². The zero-order chi connectivity index (χ0) is 23.7. The van der Waals surface area contributed by atoms with Crippen molar-refractivity contribution in [1.29, 1.82) is 0 Å². The lowest BCUT2D eigenvalue weighted by atomic mass is 10.1. The van der Waals surface area contributed by atoms with Crippen LogP contribution in [0.15, 0.2) is 54.6 Å². The molecular formula is C25H23Cl2N3O3. The number of anilines is 1. The van der Waals surface area contributed by atoms with Gasteiger partial charge in [-0.25, -0.2) is 0 Å². The Labute approximate surface area is 202 Å². The van der Waals surface area contributed by atoms with E-state index in [-0.39, 0.29) is 30.8 Å². The van der Waals surface area contributed by atoms with E-state index in [0.29, 0.717) is 33.4 Å². The Hall–Kier alpha value is -3.09. The highest BCUT2D eigenvalue weighted by Gasteiger charge is 2.34. The average Bonchev–Trinajstić information content (AvgIpc) is 3.06. The van der Waals surface area contributed by atoms with Crippen molar-refractivity contribution in [2.75, 3.05) is 18.0 Å². The number of carbonyl (C=O) groups is 3. The second kappa shape index (κ2) is 9.41. The smallest absolute Gasteiger partial charge is 0.259 e. The standard InChI is InChI=1S/C25H23Cl2N3O3/c1-3-28-24(32)15(2)29(13-17-10-11-18(26)12-20(17)27)22(31)14-30-21-9-5-7-16-6-4-8-19(23(16)21)25(30)33/h4-12,15H,3,13-14H2,1-2H3,(H,28,32)/t15-/m1/s1. The fourth-order valence-electron chi connectivity index (χ4n) is 4.10. The van der Waals surface area contributed by atoms with Gasteiger partial charge < -0.3 is 10.2 Å². The van der Waals surface area contributed by atoms with Crippen LogP contribution in [0.4, 0.5) is 5.69 Å². The van der Waals surface area contributed by atoms with Crippen LogP contribution in [0.1, 0.15) is 29.8 Å². The molecule has 1 heterocycles. The van der Waals surface area contributed by atoms with Gasteiger partial charge in [-0.3, -0.25) is 19.3 Å². The van der Waals surface area contributed by atoms with Crippen molar-refractivity contribution in [3.63, 3.8) is 0 Å². The molecule has 0 fully saturated rings. The summed E-state index contributed by atoms with van der Waals surface area (Å²) < 4.78 is 0. The fourth-order valence-corrected chi connectivity index (χ4v) is 4.57.